The number of aromatic nitrogens is 4. The third-order valence-corrected chi connectivity index (χ3v) is 6.10. The largest absolute Gasteiger partial charge is 0.378 e. The van der Waals surface area contributed by atoms with Crippen LogP contribution in [0.2, 0.25) is 5.15 Å². The summed E-state index contributed by atoms with van der Waals surface area (Å²) in [6, 6.07) is 14.5. The highest BCUT2D eigenvalue weighted by Gasteiger charge is 2.42. The monoisotopic (exact) mass is 405 g/mol. The van der Waals surface area contributed by atoms with Crippen LogP contribution in [0.15, 0.2) is 48.7 Å². The Bertz CT molecular complexity index is 1220. The maximum atomic E-state index is 6.30. The Balaban J connectivity index is 1.33. The summed E-state index contributed by atoms with van der Waals surface area (Å²) in [5, 5.41) is 6.10. The standard InChI is InChI=1S/C22H20ClN5O/c23-21-12-20(27-7-9-29-10-8-27)22-25-19(13-28(22)26-21)16-11-15(16)18-6-5-14-3-1-2-4-17(14)24-18/h1-6,12-13,15-16H,7-11H2/t15-,16?/m0/s1. The zero-order valence-electron chi connectivity index (χ0n) is 15.8. The number of para-hydroxylation sites is 1. The topological polar surface area (TPSA) is 55.5 Å². The third kappa shape index (κ3) is 3.03. The van der Waals surface area contributed by atoms with Gasteiger partial charge >= 0.3 is 0 Å². The fraction of sp³-hybridized carbons (Fsp3) is 0.318. The Kier molecular flexibility index (Phi) is 3.96. The second-order valence-electron chi connectivity index (χ2n) is 7.76. The summed E-state index contributed by atoms with van der Waals surface area (Å²) < 4.78 is 7.31. The van der Waals surface area contributed by atoms with Gasteiger partial charge in [0.15, 0.2) is 10.8 Å². The Morgan fingerprint density at radius 1 is 0.966 bits per heavy atom. The van der Waals surface area contributed by atoms with Crippen LogP contribution in [0.4, 0.5) is 5.69 Å². The summed E-state index contributed by atoms with van der Waals surface area (Å²) >= 11 is 6.30. The molecule has 1 aromatic carbocycles. The van der Waals surface area contributed by atoms with Crippen LogP contribution < -0.4 is 4.90 Å². The van der Waals surface area contributed by atoms with Crippen molar-refractivity contribution in [1.29, 1.82) is 0 Å². The molecule has 1 saturated heterocycles. The van der Waals surface area contributed by atoms with E-state index in [-0.39, 0.29) is 0 Å². The Morgan fingerprint density at radius 3 is 2.69 bits per heavy atom. The van der Waals surface area contributed by atoms with Gasteiger partial charge in [0.05, 0.1) is 36.3 Å². The Morgan fingerprint density at radius 2 is 1.79 bits per heavy atom. The van der Waals surface area contributed by atoms with Gasteiger partial charge in [0, 0.05) is 42.1 Å². The molecule has 1 aliphatic carbocycles. The van der Waals surface area contributed by atoms with E-state index in [2.05, 4.69) is 34.3 Å². The third-order valence-electron chi connectivity index (χ3n) is 5.92. The first-order valence-electron chi connectivity index (χ1n) is 10.0. The van der Waals surface area contributed by atoms with Crippen LogP contribution in [0, 0.1) is 0 Å². The molecule has 0 amide bonds. The van der Waals surface area contributed by atoms with Crippen molar-refractivity contribution in [3.63, 3.8) is 0 Å². The average molecular weight is 406 g/mol. The van der Waals surface area contributed by atoms with Crippen LogP contribution in [-0.2, 0) is 4.74 Å². The van der Waals surface area contributed by atoms with E-state index in [0.29, 0.717) is 17.0 Å². The average Bonchev–Trinajstić information content (AvgIpc) is 3.45. The van der Waals surface area contributed by atoms with Crippen molar-refractivity contribution >= 4 is 33.8 Å². The van der Waals surface area contributed by atoms with Crippen molar-refractivity contribution in [1.82, 2.24) is 19.6 Å². The molecule has 2 atom stereocenters. The molecule has 0 radical (unpaired) electrons. The number of halogens is 1. The fourth-order valence-electron chi connectivity index (χ4n) is 4.30. The molecule has 0 N–H and O–H groups in total. The van der Waals surface area contributed by atoms with E-state index in [9.17, 15) is 0 Å². The van der Waals surface area contributed by atoms with Crippen molar-refractivity contribution in [2.45, 2.75) is 18.3 Å². The summed E-state index contributed by atoms with van der Waals surface area (Å²) in [6.07, 6.45) is 3.09. The molecule has 1 saturated carbocycles. The number of hydrogen-bond donors (Lipinski definition) is 0. The van der Waals surface area contributed by atoms with Gasteiger partial charge in [-0.15, -0.1) is 0 Å². The molecule has 2 fully saturated rings. The molecule has 2 aliphatic rings. The molecule has 146 valence electrons. The van der Waals surface area contributed by atoms with E-state index in [0.717, 1.165) is 61.0 Å². The molecular formula is C22H20ClN5O. The first kappa shape index (κ1) is 17.2. The summed E-state index contributed by atoms with van der Waals surface area (Å²) in [5.74, 6) is 0.786. The van der Waals surface area contributed by atoms with Gasteiger partial charge in [-0.05, 0) is 18.6 Å². The van der Waals surface area contributed by atoms with Crippen molar-refractivity contribution in [2.75, 3.05) is 31.2 Å². The minimum Gasteiger partial charge on any atom is -0.378 e. The van der Waals surface area contributed by atoms with Gasteiger partial charge in [0.1, 0.15) is 0 Å². The quantitative estimate of drug-likeness (QED) is 0.515. The van der Waals surface area contributed by atoms with Gasteiger partial charge in [-0.1, -0.05) is 35.9 Å². The fourth-order valence-corrected chi connectivity index (χ4v) is 4.49. The van der Waals surface area contributed by atoms with E-state index in [1.54, 1.807) is 0 Å². The summed E-state index contributed by atoms with van der Waals surface area (Å²) in [6.45, 7) is 3.12. The second-order valence-corrected chi connectivity index (χ2v) is 8.15. The van der Waals surface area contributed by atoms with Gasteiger partial charge in [0.2, 0.25) is 0 Å². The zero-order chi connectivity index (χ0) is 19.4. The number of fused-ring (bicyclic) bond motifs is 2. The summed E-state index contributed by atoms with van der Waals surface area (Å²) in [4.78, 5) is 12.1. The van der Waals surface area contributed by atoms with E-state index < -0.39 is 0 Å². The Hall–Kier alpha value is -2.70. The van der Waals surface area contributed by atoms with Crippen LogP contribution in [0.3, 0.4) is 0 Å². The lowest BCUT2D eigenvalue weighted by Gasteiger charge is -2.28. The molecule has 4 aromatic rings. The minimum absolute atomic E-state index is 0.377. The molecule has 1 aliphatic heterocycles. The van der Waals surface area contributed by atoms with Crippen molar-refractivity contribution in [3.8, 4) is 0 Å². The van der Waals surface area contributed by atoms with Crippen molar-refractivity contribution < 1.29 is 4.74 Å². The molecule has 29 heavy (non-hydrogen) atoms. The molecule has 4 heterocycles. The normalized spacial score (nSPS) is 21.8. The summed E-state index contributed by atoms with van der Waals surface area (Å²) in [7, 11) is 0. The van der Waals surface area contributed by atoms with Crippen LogP contribution in [0.1, 0.15) is 29.6 Å². The molecule has 3 aromatic heterocycles. The molecule has 0 spiro atoms. The van der Waals surface area contributed by atoms with E-state index >= 15 is 0 Å². The zero-order valence-corrected chi connectivity index (χ0v) is 16.6. The second kappa shape index (κ2) is 6.68. The smallest absolute Gasteiger partial charge is 0.177 e. The number of ether oxygens (including phenoxy) is 1. The van der Waals surface area contributed by atoms with Gasteiger partial charge in [0.25, 0.3) is 0 Å². The number of anilines is 1. The lowest BCUT2D eigenvalue weighted by Crippen LogP contribution is -2.36. The van der Waals surface area contributed by atoms with Crippen molar-refractivity contribution in [3.05, 3.63) is 65.2 Å². The molecule has 6 nitrogen and oxygen atoms in total. The number of rotatable bonds is 3. The van der Waals surface area contributed by atoms with E-state index in [4.69, 9.17) is 26.3 Å². The predicted molar refractivity (Wildman–Crippen MR) is 113 cm³/mol. The lowest BCUT2D eigenvalue weighted by molar-refractivity contribution is 0.123. The summed E-state index contributed by atoms with van der Waals surface area (Å²) in [5.41, 5.74) is 5.15. The highest BCUT2D eigenvalue weighted by molar-refractivity contribution is 6.29. The number of hydrogen-bond acceptors (Lipinski definition) is 5. The van der Waals surface area contributed by atoms with E-state index in [1.165, 1.54) is 5.39 Å². The maximum Gasteiger partial charge on any atom is 0.177 e. The van der Waals surface area contributed by atoms with Crippen LogP contribution in [-0.4, -0.2) is 45.9 Å². The van der Waals surface area contributed by atoms with Gasteiger partial charge in [-0.3, -0.25) is 4.98 Å². The Labute approximate surface area is 173 Å². The van der Waals surface area contributed by atoms with Crippen LogP contribution >= 0.6 is 11.6 Å². The number of benzene rings is 1. The van der Waals surface area contributed by atoms with Gasteiger partial charge < -0.3 is 9.64 Å². The molecule has 7 heteroatoms. The van der Waals surface area contributed by atoms with E-state index in [1.807, 2.05) is 28.9 Å². The number of imidazole rings is 1. The maximum absolute atomic E-state index is 6.30. The minimum atomic E-state index is 0.377. The van der Waals surface area contributed by atoms with Gasteiger partial charge in [-0.25, -0.2) is 9.50 Å². The van der Waals surface area contributed by atoms with Crippen LogP contribution in [0.5, 0.6) is 0 Å². The molecule has 1 unspecified atom stereocenters. The highest BCUT2D eigenvalue weighted by Crippen LogP contribution is 2.54. The first-order valence-corrected chi connectivity index (χ1v) is 10.4. The van der Waals surface area contributed by atoms with Gasteiger partial charge in [-0.2, -0.15) is 5.10 Å². The number of morpholine rings is 1. The lowest BCUT2D eigenvalue weighted by atomic mass is 10.1. The number of pyridine rings is 1. The molecular weight excluding hydrogens is 386 g/mol. The molecule has 0 bridgehead atoms. The van der Waals surface area contributed by atoms with Crippen molar-refractivity contribution in [2.24, 2.45) is 0 Å². The predicted octanol–water partition coefficient (Wildman–Crippen LogP) is 4.04. The highest BCUT2D eigenvalue weighted by atomic mass is 35.5. The molecule has 6 rings (SSSR count). The first-order chi connectivity index (χ1) is 14.3. The number of nitrogens with zero attached hydrogens (tertiary/aromatic N) is 5. The SMILES string of the molecule is Clc1cc(N2CCOCC2)c2nc(C3C[C@@H]3c3ccc4ccccc4n3)cn2n1. The van der Waals surface area contributed by atoms with Crippen LogP contribution in [0.25, 0.3) is 16.6 Å².